The number of thioether (sulfide) groups is 1. The maximum atomic E-state index is 13.1. The molecular formula is C20H25N3O6S. The molecule has 9 nitrogen and oxygen atoms in total. The van der Waals surface area contributed by atoms with Crippen LogP contribution in [0.4, 0.5) is 0 Å². The van der Waals surface area contributed by atoms with E-state index in [1.807, 2.05) is 0 Å². The van der Waals surface area contributed by atoms with E-state index < -0.39 is 40.1 Å². The summed E-state index contributed by atoms with van der Waals surface area (Å²) in [5.74, 6) is -1.74. The fourth-order valence-electron chi connectivity index (χ4n) is 4.27. The van der Waals surface area contributed by atoms with Crippen LogP contribution < -0.4 is 10.6 Å². The largest absolute Gasteiger partial charge is 0.508 e. The van der Waals surface area contributed by atoms with Gasteiger partial charge in [0.2, 0.25) is 11.8 Å². The molecule has 2 amide bonds. The van der Waals surface area contributed by atoms with Gasteiger partial charge in [-0.3, -0.25) is 14.9 Å². The van der Waals surface area contributed by atoms with E-state index in [0.717, 1.165) is 12.8 Å². The molecule has 3 aliphatic rings. The van der Waals surface area contributed by atoms with Crippen molar-refractivity contribution in [3.63, 3.8) is 0 Å². The number of nitrogens with one attached hydrogen (secondary N) is 2. The molecule has 0 saturated carbocycles. The van der Waals surface area contributed by atoms with Gasteiger partial charge in [-0.05, 0) is 44.4 Å². The van der Waals surface area contributed by atoms with Gasteiger partial charge in [-0.15, -0.1) is 11.8 Å². The van der Waals surface area contributed by atoms with Crippen LogP contribution >= 0.6 is 11.8 Å². The van der Waals surface area contributed by atoms with Crippen LogP contribution in [0.2, 0.25) is 0 Å². The van der Waals surface area contributed by atoms with Crippen molar-refractivity contribution >= 4 is 29.5 Å². The van der Waals surface area contributed by atoms with Gasteiger partial charge in [0.1, 0.15) is 35.5 Å². The molecule has 0 bridgehead atoms. The van der Waals surface area contributed by atoms with Crippen LogP contribution in [0.3, 0.4) is 0 Å². The standard InChI is InChI=1S/C20H25N3O6S/c1-20(2)15(19(27)28)23-17(26)14(18(23)30-20)22-16(25)13(21-12-4-3-9-29-12)10-5-7-11(24)8-6-10/h5-8,12-15,18,21,24H,3-4,9H2,1-2H3,(H,22,25)(H,27,28)/t12?,13?,14-,15+,18-/m1/s1. The third-order valence-electron chi connectivity index (χ3n) is 5.74. The fraction of sp³-hybridized carbons (Fsp3) is 0.550. The predicted molar refractivity (Wildman–Crippen MR) is 109 cm³/mol. The first-order valence-corrected chi connectivity index (χ1v) is 10.8. The summed E-state index contributed by atoms with van der Waals surface area (Å²) < 4.78 is 4.94. The lowest BCUT2D eigenvalue weighted by atomic mass is 9.95. The van der Waals surface area contributed by atoms with Gasteiger partial charge < -0.3 is 25.2 Å². The molecule has 2 unspecified atom stereocenters. The molecule has 1 aromatic rings. The zero-order valence-corrected chi connectivity index (χ0v) is 17.5. The van der Waals surface area contributed by atoms with Crippen LogP contribution in [-0.2, 0) is 19.1 Å². The Balaban J connectivity index is 1.51. The Morgan fingerprint density at radius 1 is 1.30 bits per heavy atom. The van der Waals surface area contributed by atoms with E-state index >= 15 is 0 Å². The summed E-state index contributed by atoms with van der Waals surface area (Å²) in [4.78, 5) is 38.8. The Hall–Kier alpha value is -2.30. The second kappa shape index (κ2) is 7.75. The number of carbonyl (C=O) groups is 3. The van der Waals surface area contributed by atoms with Gasteiger partial charge in [-0.1, -0.05) is 12.1 Å². The Labute approximate surface area is 178 Å². The maximum Gasteiger partial charge on any atom is 0.327 e. The number of ether oxygens (including phenoxy) is 1. The van der Waals surface area contributed by atoms with Crippen molar-refractivity contribution in [2.45, 2.75) is 61.2 Å². The molecule has 3 heterocycles. The zero-order valence-electron chi connectivity index (χ0n) is 16.7. The number of β-lactam (4-membered cyclic amide) rings is 1. The molecule has 4 N–H and O–H groups in total. The number of amides is 2. The highest BCUT2D eigenvalue weighted by atomic mass is 32.2. The topological polar surface area (TPSA) is 128 Å². The van der Waals surface area contributed by atoms with Gasteiger partial charge in [0.05, 0.1) is 0 Å². The van der Waals surface area contributed by atoms with E-state index in [9.17, 15) is 24.6 Å². The molecule has 4 rings (SSSR count). The highest BCUT2D eigenvalue weighted by molar-refractivity contribution is 8.01. The van der Waals surface area contributed by atoms with Crippen LogP contribution in [0.5, 0.6) is 5.75 Å². The minimum atomic E-state index is -1.05. The third kappa shape index (κ3) is 3.63. The number of carbonyl (C=O) groups excluding carboxylic acids is 2. The minimum absolute atomic E-state index is 0.0872. The van der Waals surface area contributed by atoms with Crippen LogP contribution in [0.25, 0.3) is 0 Å². The first kappa shape index (κ1) is 21.0. The number of aromatic hydroxyl groups is 1. The van der Waals surface area contributed by atoms with Crippen molar-refractivity contribution in [2.24, 2.45) is 0 Å². The number of phenolic OH excluding ortho intramolecular Hbond substituents is 1. The number of aliphatic carboxylic acids is 1. The second-order valence-corrected chi connectivity index (χ2v) is 10.0. The normalized spacial score (nSPS) is 30.5. The van der Waals surface area contributed by atoms with Crippen molar-refractivity contribution in [3.05, 3.63) is 29.8 Å². The summed E-state index contributed by atoms with van der Waals surface area (Å²) in [7, 11) is 0. The average Bonchev–Trinajstić information content (AvgIpc) is 3.28. The highest BCUT2D eigenvalue weighted by Crippen LogP contribution is 2.50. The minimum Gasteiger partial charge on any atom is -0.508 e. The summed E-state index contributed by atoms with van der Waals surface area (Å²) in [5.41, 5.74) is 0.632. The number of rotatable bonds is 6. The van der Waals surface area contributed by atoms with Crippen LogP contribution in [-0.4, -0.2) is 67.9 Å². The van der Waals surface area contributed by atoms with Gasteiger partial charge in [-0.2, -0.15) is 0 Å². The van der Waals surface area contributed by atoms with E-state index in [4.69, 9.17) is 4.74 Å². The molecule has 3 aliphatic heterocycles. The lowest BCUT2D eigenvalue weighted by Gasteiger charge is -2.44. The monoisotopic (exact) mass is 435 g/mol. The van der Waals surface area contributed by atoms with E-state index in [2.05, 4.69) is 10.6 Å². The predicted octanol–water partition coefficient (Wildman–Crippen LogP) is 0.791. The maximum absolute atomic E-state index is 13.1. The number of phenols is 1. The second-order valence-electron chi connectivity index (χ2n) is 8.28. The summed E-state index contributed by atoms with van der Waals surface area (Å²) in [5, 5.41) is 24.7. The van der Waals surface area contributed by atoms with E-state index in [1.54, 1.807) is 26.0 Å². The van der Waals surface area contributed by atoms with Gasteiger partial charge >= 0.3 is 5.97 Å². The van der Waals surface area contributed by atoms with Crippen LogP contribution in [0.1, 0.15) is 38.3 Å². The van der Waals surface area contributed by atoms with Gasteiger partial charge in [0, 0.05) is 11.4 Å². The molecule has 1 aromatic carbocycles. The number of carboxylic acid groups (broad SMARTS) is 1. The van der Waals surface area contributed by atoms with Crippen molar-refractivity contribution in [1.29, 1.82) is 0 Å². The summed E-state index contributed by atoms with van der Waals surface area (Å²) in [6.45, 7) is 4.19. The lowest BCUT2D eigenvalue weighted by Crippen LogP contribution is -2.71. The number of nitrogens with zero attached hydrogens (tertiary/aromatic N) is 1. The van der Waals surface area contributed by atoms with Crippen molar-refractivity contribution < 1.29 is 29.3 Å². The van der Waals surface area contributed by atoms with Crippen molar-refractivity contribution in [1.82, 2.24) is 15.5 Å². The van der Waals surface area contributed by atoms with Gasteiger partial charge in [0.15, 0.2) is 0 Å². The molecule has 0 radical (unpaired) electrons. The quantitative estimate of drug-likeness (QED) is 0.483. The molecule has 3 saturated heterocycles. The number of hydrogen-bond donors (Lipinski definition) is 4. The smallest absolute Gasteiger partial charge is 0.327 e. The molecule has 3 fully saturated rings. The van der Waals surface area contributed by atoms with Crippen molar-refractivity contribution in [3.8, 4) is 5.75 Å². The van der Waals surface area contributed by atoms with Crippen LogP contribution in [0.15, 0.2) is 24.3 Å². The third-order valence-corrected chi connectivity index (χ3v) is 7.32. The Bertz CT molecular complexity index is 855. The summed E-state index contributed by atoms with van der Waals surface area (Å²) >= 11 is 1.38. The molecule has 5 atom stereocenters. The zero-order chi connectivity index (χ0) is 21.6. The summed E-state index contributed by atoms with van der Waals surface area (Å²) in [6, 6.07) is 3.80. The highest BCUT2D eigenvalue weighted by Gasteiger charge is 2.64. The molecule has 0 spiro atoms. The Morgan fingerprint density at radius 2 is 2.00 bits per heavy atom. The van der Waals surface area contributed by atoms with E-state index in [1.165, 1.54) is 28.8 Å². The summed E-state index contributed by atoms with van der Waals surface area (Å²) in [6.07, 6.45) is 1.38. The molecule has 30 heavy (non-hydrogen) atoms. The fourth-order valence-corrected chi connectivity index (χ4v) is 5.89. The van der Waals surface area contributed by atoms with Gasteiger partial charge in [0.25, 0.3) is 0 Å². The number of benzene rings is 1. The molecule has 10 heteroatoms. The van der Waals surface area contributed by atoms with Gasteiger partial charge in [-0.25, -0.2) is 4.79 Å². The number of hydrogen-bond acceptors (Lipinski definition) is 7. The number of carboxylic acids is 1. The first-order chi connectivity index (χ1) is 14.2. The van der Waals surface area contributed by atoms with Crippen LogP contribution in [0, 0.1) is 0 Å². The van der Waals surface area contributed by atoms with E-state index in [-0.39, 0.29) is 17.9 Å². The lowest BCUT2D eigenvalue weighted by molar-refractivity contribution is -0.161. The first-order valence-electron chi connectivity index (χ1n) is 9.89. The SMILES string of the molecule is CC1(C)S[C@@H]2[C@H](NC(=O)C(NC3CCCO3)c3ccc(O)cc3)C(=O)N2[C@H]1C(=O)O. The molecule has 0 aromatic heterocycles. The van der Waals surface area contributed by atoms with Crippen molar-refractivity contribution in [2.75, 3.05) is 6.61 Å². The number of fused-ring (bicyclic) bond motifs is 1. The average molecular weight is 436 g/mol. The molecule has 0 aliphatic carbocycles. The molecular weight excluding hydrogens is 410 g/mol. The Kier molecular flexibility index (Phi) is 5.41. The molecule has 162 valence electrons. The van der Waals surface area contributed by atoms with E-state index in [0.29, 0.717) is 12.2 Å². The Morgan fingerprint density at radius 3 is 2.60 bits per heavy atom.